The molecule has 4 rings (SSSR count). The summed E-state index contributed by atoms with van der Waals surface area (Å²) in [7, 11) is 0. The maximum atomic E-state index is 12.7. The zero-order valence-corrected chi connectivity index (χ0v) is 14.6. The second-order valence-electron chi connectivity index (χ2n) is 6.30. The number of carbonyl (C=O) groups excluding carboxylic acids is 2. The molecule has 25 heavy (non-hydrogen) atoms. The molecule has 3 heterocycles. The fourth-order valence-corrected chi connectivity index (χ4v) is 3.57. The highest BCUT2D eigenvalue weighted by Gasteiger charge is 2.33. The summed E-state index contributed by atoms with van der Waals surface area (Å²) in [5.41, 5.74) is 2.72. The van der Waals surface area contributed by atoms with Crippen molar-refractivity contribution in [3.8, 4) is 0 Å². The van der Waals surface area contributed by atoms with Crippen molar-refractivity contribution in [2.45, 2.75) is 19.4 Å². The Morgan fingerprint density at radius 1 is 1.36 bits per heavy atom. The van der Waals surface area contributed by atoms with Crippen LogP contribution in [0, 0.1) is 6.92 Å². The molecule has 3 aromatic rings. The number of aromatic nitrogens is 2. The van der Waals surface area contributed by atoms with Crippen molar-refractivity contribution in [3.05, 3.63) is 52.7 Å². The third kappa shape index (κ3) is 3.02. The normalized spacial score (nSPS) is 16.7. The predicted octanol–water partition coefficient (Wildman–Crippen LogP) is 2.58. The molecule has 1 fully saturated rings. The summed E-state index contributed by atoms with van der Waals surface area (Å²) < 4.78 is 3.93. The summed E-state index contributed by atoms with van der Waals surface area (Å²) in [5.74, 6) is -0.153. The number of benzene rings is 1. The Morgan fingerprint density at radius 2 is 2.24 bits per heavy atom. The standard InChI is InChI=1S/C18H18N4O2S/c1-11-2-3-12-9-15(21-14(12)8-11)18(24)22-7-5-13(22)10-19-17(23)16-4-6-20-25-16/h2-4,6,8-9,13,21H,5,7,10H2,1H3,(H,19,23). The average Bonchev–Trinajstić information content (AvgIpc) is 3.22. The number of rotatable bonds is 4. The Labute approximate surface area is 149 Å². The van der Waals surface area contributed by atoms with Crippen molar-refractivity contribution in [3.63, 3.8) is 0 Å². The van der Waals surface area contributed by atoms with Crippen LogP contribution in [0.4, 0.5) is 0 Å². The fraction of sp³-hybridized carbons (Fsp3) is 0.278. The molecule has 6 nitrogen and oxygen atoms in total. The van der Waals surface area contributed by atoms with Crippen LogP contribution in [0.25, 0.3) is 10.9 Å². The Bertz CT molecular complexity index is 932. The number of aromatic amines is 1. The number of aryl methyl sites for hydroxylation is 1. The molecule has 2 aromatic heterocycles. The van der Waals surface area contributed by atoms with Crippen LogP contribution >= 0.6 is 11.5 Å². The predicted molar refractivity (Wildman–Crippen MR) is 96.9 cm³/mol. The van der Waals surface area contributed by atoms with Gasteiger partial charge in [0.15, 0.2) is 0 Å². The van der Waals surface area contributed by atoms with E-state index in [1.165, 1.54) is 11.5 Å². The zero-order chi connectivity index (χ0) is 17.4. The Hall–Kier alpha value is -2.67. The number of nitrogens with zero attached hydrogens (tertiary/aromatic N) is 2. The Kier molecular flexibility index (Phi) is 4.01. The van der Waals surface area contributed by atoms with Gasteiger partial charge < -0.3 is 15.2 Å². The summed E-state index contributed by atoms with van der Waals surface area (Å²) in [6.07, 6.45) is 2.50. The van der Waals surface area contributed by atoms with Crippen LogP contribution in [0.2, 0.25) is 0 Å². The highest BCUT2D eigenvalue weighted by molar-refractivity contribution is 7.08. The van der Waals surface area contributed by atoms with Crippen LogP contribution in [-0.2, 0) is 0 Å². The molecule has 2 N–H and O–H groups in total. The minimum absolute atomic E-state index is 0.0165. The number of H-pyrrole nitrogens is 1. The second kappa shape index (κ2) is 6.33. The van der Waals surface area contributed by atoms with E-state index in [2.05, 4.69) is 14.7 Å². The smallest absolute Gasteiger partial charge is 0.270 e. The molecular formula is C18H18N4O2S. The SMILES string of the molecule is Cc1ccc2cc(C(=O)N3CCC3CNC(=O)c3ccns3)[nH]c2c1. The van der Waals surface area contributed by atoms with Gasteiger partial charge in [-0.15, -0.1) is 0 Å². The maximum absolute atomic E-state index is 12.7. The summed E-state index contributed by atoms with van der Waals surface area (Å²) in [4.78, 5) is 30.3. The lowest BCUT2D eigenvalue weighted by atomic mass is 10.0. The number of nitrogens with one attached hydrogen (secondary N) is 2. The lowest BCUT2D eigenvalue weighted by Gasteiger charge is -2.40. The molecule has 0 saturated carbocycles. The fourth-order valence-electron chi connectivity index (χ4n) is 3.06. The zero-order valence-electron chi connectivity index (χ0n) is 13.8. The molecule has 1 aromatic carbocycles. The highest BCUT2D eigenvalue weighted by atomic mass is 32.1. The molecule has 1 unspecified atom stereocenters. The van der Waals surface area contributed by atoms with E-state index in [4.69, 9.17) is 0 Å². The minimum Gasteiger partial charge on any atom is -0.351 e. The largest absolute Gasteiger partial charge is 0.351 e. The third-order valence-electron chi connectivity index (χ3n) is 4.57. The van der Waals surface area contributed by atoms with Gasteiger partial charge in [-0.25, -0.2) is 4.37 Å². The Morgan fingerprint density at radius 3 is 2.96 bits per heavy atom. The third-order valence-corrected chi connectivity index (χ3v) is 5.32. The van der Waals surface area contributed by atoms with E-state index in [0.29, 0.717) is 23.7 Å². The summed E-state index contributed by atoms with van der Waals surface area (Å²) in [5, 5.41) is 3.92. The van der Waals surface area contributed by atoms with E-state index in [0.717, 1.165) is 22.9 Å². The van der Waals surface area contributed by atoms with Crippen LogP contribution in [0.3, 0.4) is 0 Å². The van der Waals surface area contributed by atoms with E-state index in [9.17, 15) is 9.59 Å². The number of hydrogen-bond donors (Lipinski definition) is 2. The first-order valence-corrected chi connectivity index (χ1v) is 8.98. The first kappa shape index (κ1) is 15.8. The molecule has 0 aliphatic carbocycles. The number of hydrogen-bond acceptors (Lipinski definition) is 4. The van der Waals surface area contributed by atoms with E-state index in [1.807, 2.05) is 36.1 Å². The van der Waals surface area contributed by atoms with Gasteiger partial charge in [0, 0.05) is 30.2 Å². The lowest BCUT2D eigenvalue weighted by molar-refractivity contribution is 0.0451. The van der Waals surface area contributed by atoms with Crippen molar-refractivity contribution in [2.75, 3.05) is 13.1 Å². The first-order chi connectivity index (χ1) is 12.1. The maximum Gasteiger partial charge on any atom is 0.270 e. The number of likely N-dealkylation sites (tertiary alicyclic amines) is 1. The van der Waals surface area contributed by atoms with Crippen LogP contribution in [-0.4, -0.2) is 45.2 Å². The minimum atomic E-state index is -0.136. The summed E-state index contributed by atoms with van der Waals surface area (Å²) >= 11 is 1.17. The van der Waals surface area contributed by atoms with Gasteiger partial charge in [-0.1, -0.05) is 12.1 Å². The number of amides is 2. The van der Waals surface area contributed by atoms with Crippen LogP contribution in [0.5, 0.6) is 0 Å². The lowest BCUT2D eigenvalue weighted by Crippen LogP contribution is -2.56. The second-order valence-corrected chi connectivity index (χ2v) is 7.13. The highest BCUT2D eigenvalue weighted by Crippen LogP contribution is 2.23. The Balaban J connectivity index is 1.42. The molecule has 128 valence electrons. The molecule has 0 spiro atoms. The molecule has 1 aliphatic heterocycles. The van der Waals surface area contributed by atoms with Gasteiger partial charge in [0.25, 0.3) is 11.8 Å². The van der Waals surface area contributed by atoms with Gasteiger partial charge in [-0.2, -0.15) is 0 Å². The van der Waals surface area contributed by atoms with E-state index in [-0.39, 0.29) is 17.9 Å². The molecule has 7 heteroatoms. The number of carbonyl (C=O) groups is 2. The molecule has 0 bridgehead atoms. The van der Waals surface area contributed by atoms with Crippen LogP contribution in [0.1, 0.15) is 32.1 Å². The van der Waals surface area contributed by atoms with E-state index < -0.39 is 0 Å². The molecule has 1 saturated heterocycles. The number of fused-ring (bicyclic) bond motifs is 1. The molecule has 1 aliphatic rings. The summed E-state index contributed by atoms with van der Waals surface area (Å²) in [6, 6.07) is 9.71. The first-order valence-electron chi connectivity index (χ1n) is 8.21. The topological polar surface area (TPSA) is 78.1 Å². The van der Waals surface area contributed by atoms with E-state index >= 15 is 0 Å². The van der Waals surface area contributed by atoms with Crippen molar-refractivity contribution in [2.24, 2.45) is 0 Å². The van der Waals surface area contributed by atoms with E-state index in [1.54, 1.807) is 12.3 Å². The van der Waals surface area contributed by atoms with Crippen LogP contribution in [0.15, 0.2) is 36.5 Å². The molecule has 0 radical (unpaired) electrons. The molecule has 2 amide bonds. The van der Waals surface area contributed by atoms with Crippen molar-refractivity contribution in [1.29, 1.82) is 0 Å². The van der Waals surface area contributed by atoms with Gasteiger partial charge in [0.2, 0.25) is 0 Å². The van der Waals surface area contributed by atoms with Crippen molar-refractivity contribution in [1.82, 2.24) is 19.6 Å². The monoisotopic (exact) mass is 354 g/mol. The molecular weight excluding hydrogens is 336 g/mol. The molecule has 1 atom stereocenters. The van der Waals surface area contributed by atoms with Gasteiger partial charge in [-0.05, 0) is 48.6 Å². The van der Waals surface area contributed by atoms with Gasteiger partial charge in [0.05, 0.1) is 6.04 Å². The van der Waals surface area contributed by atoms with Gasteiger partial charge in [-0.3, -0.25) is 9.59 Å². The van der Waals surface area contributed by atoms with Crippen molar-refractivity contribution < 1.29 is 9.59 Å². The average molecular weight is 354 g/mol. The summed E-state index contributed by atoms with van der Waals surface area (Å²) in [6.45, 7) is 3.20. The van der Waals surface area contributed by atoms with Gasteiger partial charge in [0.1, 0.15) is 10.6 Å². The van der Waals surface area contributed by atoms with Crippen molar-refractivity contribution >= 4 is 34.2 Å². The van der Waals surface area contributed by atoms with Crippen LogP contribution < -0.4 is 5.32 Å². The quantitative estimate of drug-likeness (QED) is 0.756. The van der Waals surface area contributed by atoms with Gasteiger partial charge >= 0.3 is 0 Å².